The normalized spacial score (nSPS) is 19.0. The van der Waals surface area contributed by atoms with Crippen LogP contribution in [0.25, 0.3) is 21.9 Å². The van der Waals surface area contributed by atoms with Gasteiger partial charge in [-0.05, 0) is 68.1 Å². The van der Waals surface area contributed by atoms with Crippen molar-refractivity contribution in [3.63, 3.8) is 0 Å². The lowest BCUT2D eigenvalue weighted by Crippen LogP contribution is -2.34. The standard InChI is InChI=1S/C24H21ClF3N5/c25-14-6-7-19-18(11-14)21(13-22(33-19)24(26,27)28)32-16-4-1-3-15(12-16)31-20-8-10-30-23-17(20)5-2-9-29-23/h2,5-11,13,15-16H,1,3-4,12H2,(H,32,33)(H,29,30,31)/t15-,16+/m1/s1. The monoisotopic (exact) mass is 471 g/mol. The van der Waals surface area contributed by atoms with E-state index in [4.69, 9.17) is 11.6 Å². The molecule has 0 unspecified atom stereocenters. The largest absolute Gasteiger partial charge is 0.433 e. The molecule has 4 aromatic rings. The van der Waals surface area contributed by atoms with Gasteiger partial charge in [-0.15, -0.1) is 0 Å². The molecule has 0 saturated heterocycles. The van der Waals surface area contributed by atoms with E-state index in [0.717, 1.165) is 42.8 Å². The van der Waals surface area contributed by atoms with Crippen LogP contribution in [0, 0.1) is 0 Å². The van der Waals surface area contributed by atoms with Gasteiger partial charge in [0.1, 0.15) is 5.69 Å². The number of alkyl halides is 3. The van der Waals surface area contributed by atoms with Gasteiger partial charge in [0.25, 0.3) is 0 Å². The zero-order valence-electron chi connectivity index (χ0n) is 17.5. The van der Waals surface area contributed by atoms with Crippen molar-refractivity contribution in [1.29, 1.82) is 0 Å². The van der Waals surface area contributed by atoms with Gasteiger partial charge in [0.2, 0.25) is 0 Å². The summed E-state index contributed by atoms with van der Waals surface area (Å²) in [7, 11) is 0. The van der Waals surface area contributed by atoms with E-state index in [0.29, 0.717) is 21.7 Å². The summed E-state index contributed by atoms with van der Waals surface area (Å²) in [5, 5.41) is 8.92. The third-order valence-electron chi connectivity index (χ3n) is 5.97. The van der Waals surface area contributed by atoms with Crippen LogP contribution in [0.2, 0.25) is 5.02 Å². The Morgan fingerprint density at radius 2 is 1.64 bits per heavy atom. The summed E-state index contributed by atoms with van der Waals surface area (Å²) < 4.78 is 40.3. The van der Waals surface area contributed by atoms with Crippen LogP contribution in [-0.4, -0.2) is 27.0 Å². The van der Waals surface area contributed by atoms with E-state index in [1.54, 1.807) is 24.5 Å². The highest BCUT2D eigenvalue weighted by Crippen LogP contribution is 2.35. The molecule has 0 radical (unpaired) electrons. The van der Waals surface area contributed by atoms with Gasteiger partial charge >= 0.3 is 6.18 Å². The third-order valence-corrected chi connectivity index (χ3v) is 6.20. The second kappa shape index (κ2) is 8.67. The highest BCUT2D eigenvalue weighted by Gasteiger charge is 2.34. The molecule has 5 rings (SSSR count). The van der Waals surface area contributed by atoms with E-state index in [1.165, 1.54) is 6.07 Å². The fourth-order valence-electron chi connectivity index (χ4n) is 4.46. The summed E-state index contributed by atoms with van der Waals surface area (Å²) in [4.78, 5) is 12.4. The average molecular weight is 472 g/mol. The molecule has 3 heterocycles. The number of halogens is 4. The maximum Gasteiger partial charge on any atom is 0.433 e. The summed E-state index contributed by atoms with van der Waals surface area (Å²) in [5.41, 5.74) is 1.38. The maximum atomic E-state index is 13.4. The molecule has 170 valence electrons. The Bertz CT molecular complexity index is 1310. The topological polar surface area (TPSA) is 62.7 Å². The van der Waals surface area contributed by atoms with Crippen LogP contribution < -0.4 is 10.6 Å². The van der Waals surface area contributed by atoms with Crippen molar-refractivity contribution in [1.82, 2.24) is 15.0 Å². The molecule has 0 amide bonds. The van der Waals surface area contributed by atoms with Crippen LogP contribution in [0.5, 0.6) is 0 Å². The predicted molar refractivity (Wildman–Crippen MR) is 125 cm³/mol. The first-order chi connectivity index (χ1) is 15.9. The van der Waals surface area contributed by atoms with Crippen LogP contribution in [-0.2, 0) is 6.18 Å². The third kappa shape index (κ3) is 4.66. The first-order valence-corrected chi connectivity index (χ1v) is 11.1. The summed E-state index contributed by atoms with van der Waals surface area (Å²) in [6.07, 6.45) is 2.45. The van der Waals surface area contributed by atoms with Crippen molar-refractivity contribution in [3.8, 4) is 0 Å². The Morgan fingerprint density at radius 3 is 2.42 bits per heavy atom. The minimum Gasteiger partial charge on any atom is -0.382 e. The second-order valence-electron chi connectivity index (χ2n) is 8.30. The first kappa shape index (κ1) is 21.7. The van der Waals surface area contributed by atoms with E-state index < -0.39 is 11.9 Å². The number of hydrogen-bond donors (Lipinski definition) is 2. The fourth-order valence-corrected chi connectivity index (χ4v) is 4.63. The smallest absolute Gasteiger partial charge is 0.382 e. The second-order valence-corrected chi connectivity index (χ2v) is 8.73. The van der Waals surface area contributed by atoms with Crippen molar-refractivity contribution < 1.29 is 13.2 Å². The first-order valence-electron chi connectivity index (χ1n) is 10.8. The number of nitrogens with one attached hydrogen (secondary N) is 2. The molecule has 1 aliphatic rings. The Kier molecular flexibility index (Phi) is 5.70. The quantitative estimate of drug-likeness (QED) is 0.347. The summed E-state index contributed by atoms with van der Waals surface area (Å²) >= 11 is 6.13. The highest BCUT2D eigenvalue weighted by molar-refractivity contribution is 6.31. The van der Waals surface area contributed by atoms with Crippen molar-refractivity contribution in [2.24, 2.45) is 0 Å². The predicted octanol–water partition coefficient (Wildman–Crippen LogP) is 6.69. The van der Waals surface area contributed by atoms with Gasteiger partial charge in [-0.2, -0.15) is 13.2 Å². The SMILES string of the molecule is FC(F)(F)c1cc(N[C@H]2CCC[C@@H](Nc3ccnc4ncccc34)C2)c2cc(Cl)ccc2n1. The van der Waals surface area contributed by atoms with Gasteiger partial charge in [-0.3, -0.25) is 0 Å². The molecule has 3 aromatic heterocycles. The van der Waals surface area contributed by atoms with E-state index in [1.807, 2.05) is 18.2 Å². The number of hydrogen-bond acceptors (Lipinski definition) is 5. The lowest BCUT2D eigenvalue weighted by molar-refractivity contribution is -0.140. The van der Waals surface area contributed by atoms with E-state index in [2.05, 4.69) is 25.6 Å². The van der Waals surface area contributed by atoms with E-state index in [9.17, 15) is 13.2 Å². The number of pyridine rings is 3. The molecule has 2 N–H and O–H groups in total. The van der Waals surface area contributed by atoms with Gasteiger partial charge in [0.15, 0.2) is 5.65 Å². The molecular weight excluding hydrogens is 451 g/mol. The van der Waals surface area contributed by atoms with Crippen molar-refractivity contribution in [2.45, 2.75) is 43.9 Å². The van der Waals surface area contributed by atoms with Gasteiger partial charge < -0.3 is 10.6 Å². The molecule has 33 heavy (non-hydrogen) atoms. The van der Waals surface area contributed by atoms with Crippen LogP contribution >= 0.6 is 11.6 Å². The van der Waals surface area contributed by atoms with Crippen LogP contribution in [0.3, 0.4) is 0 Å². The van der Waals surface area contributed by atoms with Crippen molar-refractivity contribution >= 4 is 44.9 Å². The zero-order valence-corrected chi connectivity index (χ0v) is 18.3. The van der Waals surface area contributed by atoms with Crippen LogP contribution in [0.1, 0.15) is 31.4 Å². The number of benzene rings is 1. The van der Waals surface area contributed by atoms with Gasteiger partial charge in [0, 0.05) is 51.6 Å². The number of anilines is 2. The van der Waals surface area contributed by atoms with Gasteiger partial charge in [0.05, 0.1) is 5.52 Å². The minimum absolute atomic E-state index is 0.00754. The summed E-state index contributed by atoms with van der Waals surface area (Å²) in [6, 6.07) is 11.8. The molecule has 0 spiro atoms. The molecule has 2 atom stereocenters. The summed E-state index contributed by atoms with van der Waals surface area (Å²) in [6.45, 7) is 0. The van der Waals surface area contributed by atoms with Crippen molar-refractivity contribution in [2.75, 3.05) is 10.6 Å². The lowest BCUT2D eigenvalue weighted by Gasteiger charge is -2.32. The Hall–Kier alpha value is -3.13. The van der Waals surface area contributed by atoms with E-state index in [-0.39, 0.29) is 17.6 Å². The van der Waals surface area contributed by atoms with Crippen LogP contribution in [0.15, 0.2) is 54.9 Å². The molecule has 1 saturated carbocycles. The van der Waals surface area contributed by atoms with Gasteiger partial charge in [-0.1, -0.05) is 11.6 Å². The number of fused-ring (bicyclic) bond motifs is 2. The molecule has 5 nitrogen and oxygen atoms in total. The molecule has 1 aliphatic carbocycles. The Balaban J connectivity index is 1.40. The number of aromatic nitrogens is 3. The number of rotatable bonds is 4. The summed E-state index contributed by atoms with van der Waals surface area (Å²) in [5.74, 6) is 0. The minimum atomic E-state index is -4.53. The van der Waals surface area contributed by atoms with Gasteiger partial charge in [-0.25, -0.2) is 15.0 Å². The number of nitrogens with zero attached hydrogens (tertiary/aromatic N) is 3. The molecule has 1 fully saturated rings. The fraction of sp³-hybridized carbons (Fsp3) is 0.292. The molecule has 0 aliphatic heterocycles. The maximum absolute atomic E-state index is 13.4. The zero-order chi connectivity index (χ0) is 23.0. The lowest BCUT2D eigenvalue weighted by atomic mass is 9.90. The average Bonchev–Trinajstić information content (AvgIpc) is 2.79. The molecule has 0 bridgehead atoms. The van der Waals surface area contributed by atoms with Crippen molar-refractivity contribution in [3.05, 3.63) is 65.6 Å². The Morgan fingerprint density at radius 1 is 0.879 bits per heavy atom. The van der Waals surface area contributed by atoms with E-state index >= 15 is 0 Å². The molecule has 9 heteroatoms. The molecule has 1 aromatic carbocycles. The highest BCUT2D eigenvalue weighted by atomic mass is 35.5. The Labute approximate surface area is 193 Å². The van der Waals surface area contributed by atoms with Crippen LogP contribution in [0.4, 0.5) is 24.5 Å². The molecular formula is C24H21ClF3N5.